The molecule has 5 rings (SSSR count). The first-order chi connectivity index (χ1) is 10.4. The number of hydrogen-bond donors (Lipinski definition) is 0. The summed E-state index contributed by atoms with van der Waals surface area (Å²) in [6, 6.07) is 11.4. The molecule has 0 aromatic carbocycles. The monoisotopic (exact) mass is 360 g/mol. The number of rotatable bonds is 2. The van der Waals surface area contributed by atoms with Crippen LogP contribution in [0.1, 0.15) is 0 Å². The molecule has 0 saturated carbocycles. The van der Waals surface area contributed by atoms with Crippen LogP contribution in [0.3, 0.4) is 0 Å². The molecule has 0 saturated heterocycles. The number of fused-ring (bicyclic) bond motifs is 2. The molecule has 0 nitrogen and oxygen atoms in total. The highest BCUT2D eigenvalue weighted by Crippen LogP contribution is 2.46. The Morgan fingerprint density at radius 2 is 1.19 bits per heavy atom. The minimum atomic E-state index is 1.39. The van der Waals surface area contributed by atoms with Crippen LogP contribution in [0, 0.1) is 0 Å². The van der Waals surface area contributed by atoms with Crippen molar-refractivity contribution in [2.45, 2.75) is 0 Å². The summed E-state index contributed by atoms with van der Waals surface area (Å²) in [4.78, 5) is 4.21. The van der Waals surface area contributed by atoms with E-state index in [-0.39, 0.29) is 0 Å². The lowest BCUT2D eigenvalue weighted by molar-refractivity contribution is 1.90. The van der Waals surface area contributed by atoms with E-state index in [1.54, 1.807) is 0 Å². The van der Waals surface area contributed by atoms with E-state index in [1.165, 1.54) is 39.0 Å². The van der Waals surface area contributed by atoms with Gasteiger partial charge in [-0.15, -0.1) is 56.7 Å². The van der Waals surface area contributed by atoms with Gasteiger partial charge in [0, 0.05) is 34.1 Å². The van der Waals surface area contributed by atoms with Gasteiger partial charge in [0.25, 0.3) is 0 Å². The third kappa shape index (κ3) is 1.96. The van der Waals surface area contributed by atoms with Crippen LogP contribution >= 0.6 is 56.7 Å². The van der Waals surface area contributed by atoms with Crippen LogP contribution in [-0.4, -0.2) is 0 Å². The van der Waals surface area contributed by atoms with Gasteiger partial charge in [-0.05, 0) is 46.5 Å². The summed E-state index contributed by atoms with van der Waals surface area (Å²) in [6.45, 7) is 0. The molecule has 21 heavy (non-hydrogen) atoms. The van der Waals surface area contributed by atoms with Crippen molar-refractivity contribution in [3.63, 3.8) is 0 Å². The Labute approximate surface area is 141 Å². The lowest BCUT2D eigenvalue weighted by Crippen LogP contribution is -1.70. The summed E-state index contributed by atoms with van der Waals surface area (Å²) >= 11 is 9.33. The van der Waals surface area contributed by atoms with Crippen molar-refractivity contribution >= 4 is 75.5 Å². The van der Waals surface area contributed by atoms with E-state index in [0.717, 1.165) is 0 Å². The molecule has 0 aliphatic heterocycles. The Morgan fingerprint density at radius 3 is 1.90 bits per heavy atom. The summed E-state index contributed by atoms with van der Waals surface area (Å²) in [5, 5.41) is 6.56. The van der Waals surface area contributed by atoms with E-state index in [1.807, 2.05) is 56.7 Å². The van der Waals surface area contributed by atoms with Gasteiger partial charge < -0.3 is 0 Å². The highest BCUT2D eigenvalue weighted by Gasteiger charge is 2.15. The van der Waals surface area contributed by atoms with E-state index in [9.17, 15) is 0 Å². The predicted octanol–water partition coefficient (Wildman–Crippen LogP) is 7.63. The second kappa shape index (κ2) is 4.76. The molecule has 5 heteroatoms. The lowest BCUT2D eigenvalue weighted by Gasteiger charge is -1.98. The topological polar surface area (TPSA) is 0 Å². The first kappa shape index (κ1) is 12.6. The molecule has 0 atom stereocenters. The minimum Gasteiger partial charge on any atom is -0.143 e. The molecular weight excluding hydrogens is 353 g/mol. The highest BCUT2D eigenvalue weighted by molar-refractivity contribution is 7.31. The van der Waals surface area contributed by atoms with Crippen molar-refractivity contribution in [1.82, 2.24) is 0 Å². The molecule has 5 aromatic rings. The fourth-order valence-corrected chi connectivity index (χ4v) is 7.83. The van der Waals surface area contributed by atoms with E-state index < -0.39 is 0 Å². The number of thiophene rings is 5. The summed E-state index contributed by atoms with van der Waals surface area (Å²) in [5.74, 6) is 0. The fourth-order valence-electron chi connectivity index (χ4n) is 2.47. The van der Waals surface area contributed by atoms with Gasteiger partial charge in [0.1, 0.15) is 0 Å². The molecule has 0 amide bonds. The summed E-state index contributed by atoms with van der Waals surface area (Å²) < 4.78 is 5.61. The third-order valence-electron chi connectivity index (χ3n) is 3.43. The second-order valence-electron chi connectivity index (χ2n) is 4.68. The molecule has 0 aliphatic carbocycles. The van der Waals surface area contributed by atoms with E-state index >= 15 is 0 Å². The van der Waals surface area contributed by atoms with E-state index in [4.69, 9.17) is 0 Å². The quantitative estimate of drug-likeness (QED) is 0.303. The lowest BCUT2D eigenvalue weighted by atomic mass is 10.2. The molecule has 0 N–H and O–H groups in total. The normalized spacial score (nSPS) is 11.8. The van der Waals surface area contributed by atoms with Crippen molar-refractivity contribution in [1.29, 1.82) is 0 Å². The molecule has 5 heterocycles. The summed E-state index contributed by atoms with van der Waals surface area (Å²) in [7, 11) is 0. The zero-order chi connectivity index (χ0) is 13.8. The van der Waals surface area contributed by atoms with Crippen molar-refractivity contribution in [3.8, 4) is 20.2 Å². The van der Waals surface area contributed by atoms with Gasteiger partial charge in [-0.1, -0.05) is 0 Å². The van der Waals surface area contributed by atoms with Crippen molar-refractivity contribution in [3.05, 3.63) is 46.5 Å². The Balaban J connectivity index is 1.70. The van der Waals surface area contributed by atoms with Crippen LogP contribution in [-0.2, 0) is 0 Å². The number of hydrogen-bond acceptors (Lipinski definition) is 5. The third-order valence-corrected chi connectivity index (χ3v) is 8.75. The molecule has 0 aliphatic rings. The van der Waals surface area contributed by atoms with Crippen LogP contribution in [0.25, 0.3) is 39.0 Å². The van der Waals surface area contributed by atoms with Crippen LogP contribution in [0.4, 0.5) is 0 Å². The van der Waals surface area contributed by atoms with Gasteiger partial charge >= 0.3 is 0 Å². The minimum absolute atomic E-state index is 1.39. The predicted molar refractivity (Wildman–Crippen MR) is 102 cm³/mol. The van der Waals surface area contributed by atoms with Gasteiger partial charge in [0.05, 0.1) is 4.88 Å². The largest absolute Gasteiger partial charge is 0.143 e. The molecule has 0 spiro atoms. The first-order valence-electron chi connectivity index (χ1n) is 6.41. The van der Waals surface area contributed by atoms with Gasteiger partial charge in [-0.3, -0.25) is 0 Å². The van der Waals surface area contributed by atoms with Crippen molar-refractivity contribution in [2.75, 3.05) is 0 Å². The van der Waals surface area contributed by atoms with Crippen LogP contribution in [0.15, 0.2) is 46.5 Å². The molecule has 0 fully saturated rings. The molecule has 0 bridgehead atoms. The zero-order valence-electron chi connectivity index (χ0n) is 10.7. The highest BCUT2D eigenvalue weighted by atomic mass is 32.1. The molecule has 0 unspecified atom stereocenters. The first-order valence-corrected chi connectivity index (χ1v) is 10.7. The maximum Gasteiger partial charge on any atom is 0.0529 e. The zero-order valence-corrected chi connectivity index (χ0v) is 14.7. The molecule has 102 valence electrons. The standard InChI is InChI=1S/C16H8S5/c1-4-19-16(15-8-14-11(21-15)3-6-18-14)9(1)12-7-13-10(20-12)2-5-17-13/h1-8H. The van der Waals surface area contributed by atoms with Gasteiger partial charge in [0.2, 0.25) is 0 Å². The molecule has 0 radical (unpaired) electrons. The summed E-state index contributed by atoms with van der Waals surface area (Å²) in [5.41, 5.74) is 1.39. The van der Waals surface area contributed by atoms with E-state index in [2.05, 4.69) is 46.5 Å². The molecular formula is C16H8S5. The Kier molecular flexibility index (Phi) is 2.85. The SMILES string of the molecule is c1cc(-c2cc3sccc3s2)c(-c2cc3sccc3s2)s1. The maximum atomic E-state index is 2.34. The van der Waals surface area contributed by atoms with Crippen molar-refractivity contribution in [2.24, 2.45) is 0 Å². The second-order valence-corrected chi connectivity index (χ2v) is 9.66. The Hall–Kier alpha value is -0.980. The summed E-state index contributed by atoms with van der Waals surface area (Å²) in [6.07, 6.45) is 0. The average Bonchev–Trinajstić information content (AvgIpc) is 3.22. The van der Waals surface area contributed by atoms with Crippen molar-refractivity contribution < 1.29 is 0 Å². The van der Waals surface area contributed by atoms with Crippen LogP contribution < -0.4 is 0 Å². The van der Waals surface area contributed by atoms with E-state index in [0.29, 0.717) is 0 Å². The van der Waals surface area contributed by atoms with Gasteiger partial charge in [-0.25, -0.2) is 0 Å². The van der Waals surface area contributed by atoms with Gasteiger partial charge in [0.15, 0.2) is 0 Å². The Bertz CT molecular complexity index is 909. The smallest absolute Gasteiger partial charge is 0.0529 e. The average molecular weight is 361 g/mol. The van der Waals surface area contributed by atoms with Crippen LogP contribution in [0.2, 0.25) is 0 Å². The maximum absolute atomic E-state index is 2.34. The fraction of sp³-hybridized carbons (Fsp3) is 0. The molecule has 5 aromatic heterocycles. The van der Waals surface area contributed by atoms with Gasteiger partial charge in [-0.2, -0.15) is 0 Å². The van der Waals surface area contributed by atoms with Crippen LogP contribution in [0.5, 0.6) is 0 Å². The Morgan fingerprint density at radius 1 is 0.571 bits per heavy atom.